The Labute approximate surface area is 79.9 Å². The van der Waals surface area contributed by atoms with Gasteiger partial charge in [0.2, 0.25) is 0 Å². The summed E-state index contributed by atoms with van der Waals surface area (Å²) in [4.78, 5) is 2.24. The summed E-state index contributed by atoms with van der Waals surface area (Å²) in [6.07, 6.45) is 4.93. The molecule has 1 aliphatic heterocycles. The van der Waals surface area contributed by atoms with E-state index in [1.54, 1.807) is 6.08 Å². The molecule has 0 radical (unpaired) electrons. The Morgan fingerprint density at radius 3 is 2.77 bits per heavy atom. The van der Waals surface area contributed by atoms with Gasteiger partial charge in [0.1, 0.15) is 5.76 Å². The van der Waals surface area contributed by atoms with E-state index in [1.807, 2.05) is 6.92 Å². The number of likely N-dealkylation sites (tertiary alicyclic amines) is 1. The number of allylic oxidation sites excluding steroid dienone is 2. The number of piperidine rings is 1. The van der Waals surface area contributed by atoms with Crippen molar-refractivity contribution in [2.24, 2.45) is 0 Å². The van der Waals surface area contributed by atoms with Gasteiger partial charge in [-0.3, -0.25) is 0 Å². The van der Waals surface area contributed by atoms with Crippen LogP contribution in [0.3, 0.4) is 0 Å². The third kappa shape index (κ3) is 2.74. The first kappa shape index (κ1) is 10.1. The molecule has 1 N–H and O–H groups in total. The molecule has 2 heteroatoms. The van der Waals surface area contributed by atoms with E-state index in [0.717, 1.165) is 19.5 Å². The summed E-state index contributed by atoms with van der Waals surface area (Å²) in [5.41, 5.74) is 2.51. The predicted molar refractivity (Wildman–Crippen MR) is 55.7 cm³/mol. The van der Waals surface area contributed by atoms with Gasteiger partial charge in [-0.1, -0.05) is 12.7 Å². The Balaban J connectivity index is 2.83. The molecule has 0 aromatic carbocycles. The lowest BCUT2D eigenvalue weighted by atomic mass is 9.97. The number of aliphatic hydroxyl groups is 1. The molecule has 0 unspecified atom stereocenters. The number of aliphatic hydroxyl groups excluding tert-OH is 1. The highest BCUT2D eigenvalue weighted by Crippen LogP contribution is 2.21. The second-order valence-electron chi connectivity index (χ2n) is 3.46. The Morgan fingerprint density at radius 2 is 2.23 bits per heavy atom. The third-order valence-electron chi connectivity index (χ3n) is 2.30. The number of likely N-dealkylation sites (N-methyl/N-ethyl adjacent to an activating group) is 1. The average molecular weight is 179 g/mol. The second-order valence-corrected chi connectivity index (χ2v) is 3.46. The molecule has 0 aromatic heterocycles. The van der Waals surface area contributed by atoms with Gasteiger partial charge in [0, 0.05) is 13.1 Å². The smallest absolute Gasteiger partial charge is 0.108 e. The van der Waals surface area contributed by atoms with Crippen LogP contribution in [0.25, 0.3) is 0 Å². The Morgan fingerprint density at radius 1 is 1.54 bits per heavy atom. The van der Waals surface area contributed by atoms with E-state index in [9.17, 15) is 0 Å². The average Bonchev–Trinajstić information content (AvgIpc) is 2.03. The minimum Gasteiger partial charge on any atom is -0.509 e. The molecular formula is C11H17NO. The maximum Gasteiger partial charge on any atom is 0.108 e. The number of rotatable bonds is 1. The summed E-state index contributed by atoms with van der Waals surface area (Å²) in [7, 11) is 2.08. The monoisotopic (exact) mass is 179 g/mol. The summed E-state index contributed by atoms with van der Waals surface area (Å²) < 4.78 is 0. The molecule has 0 amide bonds. The molecule has 0 aromatic rings. The van der Waals surface area contributed by atoms with Crippen LogP contribution in [0.1, 0.15) is 13.3 Å². The molecule has 1 saturated heterocycles. The van der Waals surface area contributed by atoms with E-state index >= 15 is 0 Å². The Hall–Kier alpha value is -1.02. The van der Waals surface area contributed by atoms with E-state index in [1.165, 1.54) is 11.1 Å². The zero-order valence-corrected chi connectivity index (χ0v) is 8.38. The first-order valence-corrected chi connectivity index (χ1v) is 4.56. The summed E-state index contributed by atoms with van der Waals surface area (Å²) in [6.45, 7) is 7.51. The van der Waals surface area contributed by atoms with Crippen molar-refractivity contribution < 1.29 is 5.11 Å². The fourth-order valence-corrected chi connectivity index (χ4v) is 1.61. The van der Waals surface area contributed by atoms with E-state index in [2.05, 4.69) is 24.6 Å². The maximum absolute atomic E-state index is 9.09. The highest BCUT2D eigenvalue weighted by atomic mass is 16.3. The number of nitrogens with zero attached hydrogens (tertiary/aromatic N) is 1. The van der Waals surface area contributed by atoms with Crippen LogP contribution in [-0.4, -0.2) is 30.1 Å². The van der Waals surface area contributed by atoms with Gasteiger partial charge in [0.25, 0.3) is 0 Å². The molecule has 2 nitrogen and oxygen atoms in total. The summed E-state index contributed by atoms with van der Waals surface area (Å²) >= 11 is 0. The highest BCUT2D eigenvalue weighted by molar-refractivity contribution is 5.37. The van der Waals surface area contributed by atoms with Gasteiger partial charge in [0.15, 0.2) is 0 Å². The van der Waals surface area contributed by atoms with Crippen molar-refractivity contribution in [2.45, 2.75) is 13.3 Å². The van der Waals surface area contributed by atoms with E-state index in [4.69, 9.17) is 5.11 Å². The molecule has 1 heterocycles. The van der Waals surface area contributed by atoms with Gasteiger partial charge in [-0.25, -0.2) is 0 Å². The number of hydrogen-bond acceptors (Lipinski definition) is 2. The van der Waals surface area contributed by atoms with Crippen LogP contribution in [0.5, 0.6) is 0 Å². The molecule has 0 atom stereocenters. The lowest BCUT2D eigenvalue weighted by Crippen LogP contribution is -2.28. The van der Waals surface area contributed by atoms with E-state index < -0.39 is 0 Å². The molecule has 1 fully saturated rings. The van der Waals surface area contributed by atoms with Crippen molar-refractivity contribution in [1.29, 1.82) is 0 Å². The molecule has 0 saturated carbocycles. The van der Waals surface area contributed by atoms with Crippen molar-refractivity contribution >= 4 is 0 Å². The van der Waals surface area contributed by atoms with Crippen LogP contribution >= 0.6 is 0 Å². The van der Waals surface area contributed by atoms with Gasteiger partial charge in [-0.15, -0.1) is 0 Å². The normalized spacial score (nSPS) is 25.4. The SMILES string of the molecule is C=C(O)/C=C1/CN(C)CC/C1=C/C. The summed E-state index contributed by atoms with van der Waals surface area (Å²) in [5, 5.41) is 9.09. The number of hydrogen-bond donors (Lipinski definition) is 1. The zero-order valence-electron chi connectivity index (χ0n) is 8.38. The van der Waals surface area contributed by atoms with Crippen molar-refractivity contribution in [3.05, 3.63) is 35.6 Å². The lowest BCUT2D eigenvalue weighted by Gasteiger charge is -2.26. The zero-order chi connectivity index (χ0) is 9.84. The van der Waals surface area contributed by atoms with Crippen LogP contribution in [0.15, 0.2) is 35.6 Å². The largest absolute Gasteiger partial charge is 0.509 e. The molecular weight excluding hydrogens is 162 g/mol. The van der Waals surface area contributed by atoms with Crippen molar-refractivity contribution in [2.75, 3.05) is 20.1 Å². The van der Waals surface area contributed by atoms with E-state index in [-0.39, 0.29) is 5.76 Å². The lowest BCUT2D eigenvalue weighted by molar-refractivity contribution is 0.346. The first-order valence-electron chi connectivity index (χ1n) is 4.56. The van der Waals surface area contributed by atoms with E-state index in [0.29, 0.717) is 0 Å². The molecule has 0 spiro atoms. The van der Waals surface area contributed by atoms with Gasteiger partial charge in [-0.2, -0.15) is 0 Å². The van der Waals surface area contributed by atoms with Gasteiger partial charge < -0.3 is 10.0 Å². The predicted octanol–water partition coefficient (Wildman–Crippen LogP) is 2.27. The molecule has 72 valence electrons. The van der Waals surface area contributed by atoms with Gasteiger partial charge in [-0.05, 0) is 37.6 Å². The molecule has 0 aliphatic carbocycles. The Kier molecular flexibility index (Phi) is 3.32. The standard InChI is InChI=1S/C11H17NO/c1-4-10-5-6-12(3)8-11(10)7-9(2)13/h4,7,13H,2,5-6,8H2,1,3H3/b10-4-,11-7-. The Bertz CT molecular complexity index is 263. The van der Waals surface area contributed by atoms with Crippen molar-refractivity contribution in [3.63, 3.8) is 0 Å². The quantitative estimate of drug-likeness (QED) is 0.624. The molecule has 13 heavy (non-hydrogen) atoms. The van der Waals surface area contributed by atoms with Crippen LogP contribution < -0.4 is 0 Å². The van der Waals surface area contributed by atoms with Gasteiger partial charge >= 0.3 is 0 Å². The van der Waals surface area contributed by atoms with Gasteiger partial charge in [0.05, 0.1) is 0 Å². The van der Waals surface area contributed by atoms with Crippen LogP contribution in [0, 0.1) is 0 Å². The highest BCUT2D eigenvalue weighted by Gasteiger charge is 2.14. The van der Waals surface area contributed by atoms with Crippen LogP contribution in [0.2, 0.25) is 0 Å². The first-order chi connectivity index (χ1) is 6.13. The molecule has 0 bridgehead atoms. The van der Waals surface area contributed by atoms with Crippen molar-refractivity contribution in [1.82, 2.24) is 4.90 Å². The van der Waals surface area contributed by atoms with Crippen LogP contribution in [0.4, 0.5) is 0 Å². The topological polar surface area (TPSA) is 23.5 Å². The molecule has 1 rings (SSSR count). The maximum atomic E-state index is 9.09. The second kappa shape index (κ2) is 4.28. The summed E-state index contributed by atoms with van der Waals surface area (Å²) in [5.74, 6) is 0.143. The fraction of sp³-hybridized carbons (Fsp3) is 0.455. The minimum atomic E-state index is 0.143. The van der Waals surface area contributed by atoms with Crippen molar-refractivity contribution in [3.8, 4) is 0 Å². The third-order valence-corrected chi connectivity index (χ3v) is 2.30. The minimum absolute atomic E-state index is 0.143. The van der Waals surface area contributed by atoms with Crippen LogP contribution in [-0.2, 0) is 0 Å². The summed E-state index contributed by atoms with van der Waals surface area (Å²) in [6, 6.07) is 0. The fourth-order valence-electron chi connectivity index (χ4n) is 1.61. The molecule has 1 aliphatic rings.